The zero-order valence-electron chi connectivity index (χ0n) is 18.9. The van der Waals surface area contributed by atoms with E-state index in [1.54, 1.807) is 0 Å². The van der Waals surface area contributed by atoms with E-state index in [1.165, 1.54) is 133 Å². The molecule has 1 nitrogen and oxygen atoms in total. The van der Waals surface area contributed by atoms with Crippen molar-refractivity contribution in [3.8, 4) is 0 Å². The molecular weight excluding hydrogens is 314 g/mol. The largest absolute Gasteiger partial charge is 0.321 e. The molecule has 0 amide bonds. The Morgan fingerprint density at radius 2 is 0.885 bits per heavy atom. The van der Waals surface area contributed by atoms with Crippen molar-refractivity contribution in [3.63, 3.8) is 0 Å². The Bertz CT molecular complexity index is 286. The molecule has 0 saturated heterocycles. The van der Waals surface area contributed by atoms with E-state index in [9.17, 15) is 0 Å². The molecular formula is C25H52N+. The van der Waals surface area contributed by atoms with Crippen molar-refractivity contribution >= 4 is 0 Å². The summed E-state index contributed by atoms with van der Waals surface area (Å²) in [5.74, 6) is 0. The van der Waals surface area contributed by atoms with E-state index in [0.717, 1.165) is 0 Å². The molecule has 0 aliphatic rings. The summed E-state index contributed by atoms with van der Waals surface area (Å²) in [4.78, 5) is 0. The average Bonchev–Trinajstić information content (AvgIpc) is 2.66. The smallest absolute Gasteiger partial charge is 0.0971 e. The highest BCUT2D eigenvalue weighted by Gasteiger charge is 2.22. The van der Waals surface area contributed by atoms with Crippen LogP contribution >= 0.6 is 0 Å². The zero-order chi connectivity index (χ0) is 19.3. The predicted octanol–water partition coefficient (Wildman–Crippen LogP) is 8.29. The topological polar surface area (TPSA) is 0 Å². The van der Waals surface area contributed by atoms with Crippen LogP contribution in [0.4, 0.5) is 0 Å². The molecule has 156 valence electrons. The maximum Gasteiger partial charge on any atom is 0.0971 e. The fraction of sp³-hybridized carbons (Fsp3) is 0.920. The van der Waals surface area contributed by atoms with Crippen LogP contribution < -0.4 is 0 Å². The Morgan fingerprint density at radius 1 is 0.538 bits per heavy atom. The van der Waals surface area contributed by atoms with E-state index in [4.69, 9.17) is 0 Å². The second-order valence-electron chi connectivity index (χ2n) is 8.53. The summed E-state index contributed by atoms with van der Waals surface area (Å²) in [7, 11) is 0. The van der Waals surface area contributed by atoms with Crippen molar-refractivity contribution in [2.75, 3.05) is 26.2 Å². The van der Waals surface area contributed by atoms with Crippen molar-refractivity contribution in [1.82, 2.24) is 0 Å². The van der Waals surface area contributed by atoms with Gasteiger partial charge in [0.15, 0.2) is 0 Å². The van der Waals surface area contributed by atoms with E-state index in [2.05, 4.69) is 33.4 Å². The molecule has 1 unspecified atom stereocenters. The van der Waals surface area contributed by atoms with Gasteiger partial charge in [-0.1, -0.05) is 97.5 Å². The first-order chi connectivity index (χ1) is 12.7. The van der Waals surface area contributed by atoms with Crippen molar-refractivity contribution in [1.29, 1.82) is 0 Å². The number of nitrogens with zero attached hydrogens (tertiary/aromatic N) is 1. The van der Waals surface area contributed by atoms with Gasteiger partial charge >= 0.3 is 0 Å². The Hall–Kier alpha value is -0.300. The summed E-state index contributed by atoms with van der Waals surface area (Å²) in [6.07, 6.45) is 25.0. The van der Waals surface area contributed by atoms with Crippen LogP contribution in [-0.4, -0.2) is 30.7 Å². The van der Waals surface area contributed by atoms with Crippen molar-refractivity contribution in [2.24, 2.45) is 0 Å². The highest BCUT2D eigenvalue weighted by atomic mass is 15.3. The Labute approximate surface area is 167 Å². The molecule has 0 spiro atoms. The second-order valence-corrected chi connectivity index (χ2v) is 8.53. The number of hydrogen-bond donors (Lipinski definition) is 0. The van der Waals surface area contributed by atoms with Gasteiger partial charge in [0.2, 0.25) is 0 Å². The SMILES string of the molecule is C=CC[N+](CC)(CCCCCCCC)CCCCCCCCCCCC. The van der Waals surface area contributed by atoms with Crippen molar-refractivity contribution < 1.29 is 4.48 Å². The van der Waals surface area contributed by atoms with Gasteiger partial charge in [0.1, 0.15) is 0 Å². The molecule has 0 radical (unpaired) electrons. The number of likely N-dealkylation sites (N-methyl/N-ethyl adjacent to an activating group) is 1. The van der Waals surface area contributed by atoms with Gasteiger partial charge in [-0.05, 0) is 38.7 Å². The second kappa shape index (κ2) is 19.5. The van der Waals surface area contributed by atoms with E-state index in [-0.39, 0.29) is 0 Å². The van der Waals surface area contributed by atoms with Gasteiger partial charge in [-0.2, -0.15) is 0 Å². The van der Waals surface area contributed by atoms with Gasteiger partial charge in [0.05, 0.1) is 26.2 Å². The van der Waals surface area contributed by atoms with Gasteiger partial charge in [0.25, 0.3) is 0 Å². The maximum absolute atomic E-state index is 4.05. The zero-order valence-corrected chi connectivity index (χ0v) is 18.9. The molecule has 0 aromatic heterocycles. The highest BCUT2D eigenvalue weighted by molar-refractivity contribution is 4.66. The van der Waals surface area contributed by atoms with E-state index in [0.29, 0.717) is 0 Å². The molecule has 0 heterocycles. The lowest BCUT2D eigenvalue weighted by Crippen LogP contribution is -2.49. The quantitative estimate of drug-likeness (QED) is 0.109. The minimum Gasteiger partial charge on any atom is -0.321 e. The molecule has 1 atom stereocenters. The van der Waals surface area contributed by atoms with Crippen molar-refractivity contribution in [3.05, 3.63) is 12.7 Å². The van der Waals surface area contributed by atoms with Crippen LogP contribution in [0.3, 0.4) is 0 Å². The van der Waals surface area contributed by atoms with Crippen molar-refractivity contribution in [2.45, 2.75) is 124 Å². The van der Waals surface area contributed by atoms with Gasteiger partial charge in [0, 0.05) is 0 Å². The number of hydrogen-bond acceptors (Lipinski definition) is 0. The summed E-state index contributed by atoms with van der Waals surface area (Å²) in [5, 5.41) is 0. The molecule has 0 fully saturated rings. The monoisotopic (exact) mass is 366 g/mol. The van der Waals surface area contributed by atoms with Crippen LogP contribution in [0.1, 0.15) is 124 Å². The Morgan fingerprint density at radius 3 is 1.19 bits per heavy atom. The predicted molar refractivity (Wildman–Crippen MR) is 121 cm³/mol. The molecule has 0 aliphatic heterocycles. The Balaban J connectivity index is 3.82. The van der Waals surface area contributed by atoms with Crippen LogP contribution in [0, 0.1) is 0 Å². The summed E-state index contributed by atoms with van der Waals surface area (Å²) >= 11 is 0. The first-order valence-corrected chi connectivity index (χ1v) is 12.2. The number of quaternary nitrogens is 1. The van der Waals surface area contributed by atoms with Crippen LogP contribution in [0.5, 0.6) is 0 Å². The Kier molecular flexibility index (Phi) is 19.2. The van der Waals surface area contributed by atoms with Gasteiger partial charge in [-0.25, -0.2) is 0 Å². The van der Waals surface area contributed by atoms with Crippen LogP contribution in [0.25, 0.3) is 0 Å². The summed E-state index contributed by atoms with van der Waals surface area (Å²) in [6.45, 7) is 16.2. The first kappa shape index (κ1) is 25.7. The standard InChI is InChI=1S/C25H52N/c1-5-9-11-13-15-16-17-18-20-22-25-26(8-4,23-7-3)24-21-19-14-12-10-6-2/h7H,3,5-6,8-25H2,1-2,4H3/q+1. The third kappa shape index (κ3) is 14.8. The van der Waals surface area contributed by atoms with Crippen LogP contribution in [-0.2, 0) is 0 Å². The van der Waals surface area contributed by atoms with Crippen LogP contribution in [0.15, 0.2) is 12.7 Å². The van der Waals surface area contributed by atoms with Gasteiger partial charge in [-0.3, -0.25) is 0 Å². The molecule has 0 aliphatic carbocycles. The highest BCUT2D eigenvalue weighted by Crippen LogP contribution is 2.16. The third-order valence-corrected chi connectivity index (χ3v) is 6.16. The van der Waals surface area contributed by atoms with E-state index < -0.39 is 0 Å². The molecule has 0 rings (SSSR count). The molecule has 0 N–H and O–H groups in total. The third-order valence-electron chi connectivity index (χ3n) is 6.16. The molecule has 0 aromatic carbocycles. The molecule has 0 saturated carbocycles. The molecule has 0 bridgehead atoms. The van der Waals surface area contributed by atoms with Gasteiger partial charge < -0.3 is 4.48 Å². The molecule has 1 heteroatoms. The normalized spacial score (nSPS) is 13.7. The lowest BCUT2D eigenvalue weighted by Gasteiger charge is -2.37. The van der Waals surface area contributed by atoms with Crippen LogP contribution in [0.2, 0.25) is 0 Å². The number of rotatable bonds is 21. The number of unbranched alkanes of at least 4 members (excludes halogenated alkanes) is 14. The maximum atomic E-state index is 4.05. The summed E-state index contributed by atoms with van der Waals surface area (Å²) < 4.78 is 1.29. The fourth-order valence-corrected chi connectivity index (χ4v) is 4.18. The van der Waals surface area contributed by atoms with Gasteiger partial charge in [-0.15, -0.1) is 0 Å². The molecule has 0 aromatic rings. The first-order valence-electron chi connectivity index (χ1n) is 12.2. The van der Waals surface area contributed by atoms with E-state index in [1.807, 2.05) is 0 Å². The minimum absolute atomic E-state index is 1.17. The lowest BCUT2D eigenvalue weighted by atomic mass is 10.1. The fourth-order valence-electron chi connectivity index (χ4n) is 4.18. The lowest BCUT2D eigenvalue weighted by molar-refractivity contribution is -0.921. The van der Waals surface area contributed by atoms with E-state index >= 15 is 0 Å². The summed E-state index contributed by atoms with van der Waals surface area (Å²) in [5.41, 5.74) is 0. The average molecular weight is 367 g/mol. The summed E-state index contributed by atoms with van der Waals surface area (Å²) in [6, 6.07) is 0. The minimum atomic E-state index is 1.17. The molecule has 26 heavy (non-hydrogen) atoms.